The van der Waals surface area contributed by atoms with E-state index in [9.17, 15) is 4.39 Å². The molecular weight excluding hydrogens is 311 g/mol. The zero-order chi connectivity index (χ0) is 13.8. The Kier molecular flexibility index (Phi) is 4.42. The molecule has 19 heavy (non-hydrogen) atoms. The molecule has 0 atom stereocenters. The lowest BCUT2D eigenvalue weighted by Gasteiger charge is -2.10. The van der Waals surface area contributed by atoms with Crippen molar-refractivity contribution >= 4 is 21.7 Å². The topological polar surface area (TPSA) is 50.7 Å². The SMILES string of the molecule is CCCc1nc(-c2ccc(F)cn2)nc(NC)c1Br. The molecule has 2 rings (SSSR count). The highest BCUT2D eigenvalue weighted by atomic mass is 79.9. The maximum absolute atomic E-state index is 12.9. The molecule has 0 aromatic carbocycles. The molecule has 2 aromatic heterocycles. The summed E-state index contributed by atoms with van der Waals surface area (Å²) >= 11 is 3.49. The Balaban J connectivity index is 2.51. The first-order chi connectivity index (χ1) is 9.15. The van der Waals surface area contributed by atoms with Gasteiger partial charge >= 0.3 is 0 Å². The molecule has 0 aliphatic carbocycles. The van der Waals surface area contributed by atoms with Crippen LogP contribution in [0.15, 0.2) is 22.8 Å². The van der Waals surface area contributed by atoms with Crippen molar-refractivity contribution in [2.45, 2.75) is 19.8 Å². The second-order valence-electron chi connectivity index (χ2n) is 4.02. The molecule has 4 nitrogen and oxygen atoms in total. The van der Waals surface area contributed by atoms with Crippen LogP contribution in [0, 0.1) is 5.82 Å². The lowest BCUT2D eigenvalue weighted by atomic mass is 10.2. The molecule has 0 amide bonds. The number of nitrogens with zero attached hydrogens (tertiary/aromatic N) is 3. The second kappa shape index (κ2) is 6.06. The van der Waals surface area contributed by atoms with Crippen LogP contribution in [0.5, 0.6) is 0 Å². The van der Waals surface area contributed by atoms with Gasteiger partial charge in [-0.15, -0.1) is 0 Å². The molecule has 0 unspecified atom stereocenters. The Hall–Kier alpha value is -1.56. The van der Waals surface area contributed by atoms with E-state index in [1.165, 1.54) is 12.3 Å². The predicted molar refractivity (Wildman–Crippen MR) is 76.5 cm³/mol. The molecule has 0 saturated carbocycles. The molecule has 1 N–H and O–H groups in total. The predicted octanol–water partition coefficient (Wildman–Crippen LogP) is 3.43. The van der Waals surface area contributed by atoms with Crippen molar-refractivity contribution in [1.29, 1.82) is 0 Å². The third kappa shape index (κ3) is 3.07. The van der Waals surface area contributed by atoms with Gasteiger partial charge in [-0.3, -0.25) is 0 Å². The van der Waals surface area contributed by atoms with Crippen LogP contribution >= 0.6 is 15.9 Å². The molecule has 2 aromatic rings. The van der Waals surface area contributed by atoms with Gasteiger partial charge in [-0.05, 0) is 34.5 Å². The van der Waals surface area contributed by atoms with Gasteiger partial charge in [-0.25, -0.2) is 19.3 Å². The first-order valence-corrected chi connectivity index (χ1v) is 6.81. The summed E-state index contributed by atoms with van der Waals surface area (Å²) in [6.07, 6.45) is 2.99. The normalized spacial score (nSPS) is 10.5. The molecule has 0 spiro atoms. The number of pyridine rings is 1. The Morgan fingerprint density at radius 2 is 2.11 bits per heavy atom. The highest BCUT2D eigenvalue weighted by Crippen LogP contribution is 2.27. The van der Waals surface area contributed by atoms with Crippen LogP contribution in [0.2, 0.25) is 0 Å². The lowest BCUT2D eigenvalue weighted by molar-refractivity contribution is 0.621. The molecule has 0 radical (unpaired) electrons. The van der Waals surface area contributed by atoms with E-state index in [0.29, 0.717) is 17.3 Å². The van der Waals surface area contributed by atoms with Crippen molar-refractivity contribution in [3.8, 4) is 11.5 Å². The summed E-state index contributed by atoms with van der Waals surface area (Å²) in [4.78, 5) is 12.9. The molecule has 0 saturated heterocycles. The quantitative estimate of drug-likeness (QED) is 0.936. The fourth-order valence-corrected chi connectivity index (χ4v) is 2.26. The van der Waals surface area contributed by atoms with Crippen molar-refractivity contribution < 1.29 is 4.39 Å². The van der Waals surface area contributed by atoms with E-state index in [-0.39, 0.29) is 5.82 Å². The fraction of sp³-hybridized carbons (Fsp3) is 0.308. The van der Waals surface area contributed by atoms with Gasteiger partial charge in [0.05, 0.1) is 16.4 Å². The number of halogens is 2. The summed E-state index contributed by atoms with van der Waals surface area (Å²) in [5.41, 5.74) is 1.48. The number of hydrogen-bond donors (Lipinski definition) is 1. The number of hydrogen-bond acceptors (Lipinski definition) is 4. The van der Waals surface area contributed by atoms with E-state index >= 15 is 0 Å². The van der Waals surface area contributed by atoms with E-state index in [0.717, 1.165) is 23.0 Å². The highest BCUT2D eigenvalue weighted by Gasteiger charge is 2.12. The monoisotopic (exact) mass is 324 g/mol. The number of rotatable bonds is 4. The first-order valence-electron chi connectivity index (χ1n) is 6.01. The average Bonchev–Trinajstić information content (AvgIpc) is 2.42. The number of anilines is 1. The van der Waals surface area contributed by atoms with E-state index < -0.39 is 0 Å². The number of aromatic nitrogens is 3. The summed E-state index contributed by atoms with van der Waals surface area (Å²) in [7, 11) is 1.80. The Bertz CT molecular complexity index is 572. The standard InChI is InChI=1S/C13H14BrFN4/c1-3-4-9-11(14)13(16-2)19-12(18-9)10-6-5-8(15)7-17-10/h5-7H,3-4H2,1-2H3,(H,16,18,19). The van der Waals surface area contributed by atoms with Gasteiger partial charge in [0.2, 0.25) is 0 Å². The Morgan fingerprint density at radius 3 is 2.68 bits per heavy atom. The summed E-state index contributed by atoms with van der Waals surface area (Å²) in [5.74, 6) is 0.832. The van der Waals surface area contributed by atoms with Crippen LogP contribution in [-0.4, -0.2) is 22.0 Å². The Labute approximate surface area is 119 Å². The summed E-state index contributed by atoms with van der Waals surface area (Å²) < 4.78 is 13.8. The third-order valence-corrected chi connectivity index (χ3v) is 3.43. The fourth-order valence-electron chi connectivity index (χ4n) is 1.68. The average molecular weight is 325 g/mol. The highest BCUT2D eigenvalue weighted by molar-refractivity contribution is 9.10. The second-order valence-corrected chi connectivity index (χ2v) is 4.81. The zero-order valence-corrected chi connectivity index (χ0v) is 12.3. The Morgan fingerprint density at radius 1 is 1.32 bits per heavy atom. The molecule has 6 heteroatoms. The maximum atomic E-state index is 12.9. The van der Waals surface area contributed by atoms with Crippen LogP contribution in [0.3, 0.4) is 0 Å². The van der Waals surface area contributed by atoms with Crippen molar-refractivity contribution in [3.05, 3.63) is 34.3 Å². The number of aryl methyl sites for hydroxylation is 1. The third-order valence-electron chi connectivity index (χ3n) is 2.60. The van der Waals surface area contributed by atoms with E-state index in [2.05, 4.69) is 43.1 Å². The van der Waals surface area contributed by atoms with Crippen molar-refractivity contribution in [1.82, 2.24) is 15.0 Å². The minimum Gasteiger partial charge on any atom is -0.372 e. The van der Waals surface area contributed by atoms with Crippen molar-refractivity contribution in [2.24, 2.45) is 0 Å². The van der Waals surface area contributed by atoms with Gasteiger partial charge in [0.15, 0.2) is 5.82 Å². The van der Waals surface area contributed by atoms with Gasteiger partial charge in [0.1, 0.15) is 17.3 Å². The van der Waals surface area contributed by atoms with E-state index in [1.54, 1.807) is 13.1 Å². The largest absolute Gasteiger partial charge is 0.372 e. The van der Waals surface area contributed by atoms with E-state index in [1.807, 2.05) is 0 Å². The lowest BCUT2D eigenvalue weighted by Crippen LogP contribution is -2.04. The van der Waals surface area contributed by atoms with Crippen molar-refractivity contribution in [3.63, 3.8) is 0 Å². The van der Waals surface area contributed by atoms with Gasteiger partial charge < -0.3 is 5.32 Å². The van der Waals surface area contributed by atoms with Gasteiger partial charge in [0.25, 0.3) is 0 Å². The number of nitrogens with one attached hydrogen (secondary N) is 1. The summed E-state index contributed by atoms with van der Waals surface area (Å²) in [5, 5.41) is 3.02. The molecule has 0 bridgehead atoms. The first kappa shape index (κ1) is 13.9. The van der Waals surface area contributed by atoms with E-state index in [4.69, 9.17) is 0 Å². The van der Waals surface area contributed by atoms with Crippen LogP contribution in [0.25, 0.3) is 11.5 Å². The molecule has 2 heterocycles. The molecule has 0 aliphatic heterocycles. The molecule has 0 fully saturated rings. The van der Waals surface area contributed by atoms with Gasteiger partial charge in [0, 0.05) is 7.05 Å². The minimum atomic E-state index is -0.372. The molecule has 100 valence electrons. The van der Waals surface area contributed by atoms with Crippen molar-refractivity contribution in [2.75, 3.05) is 12.4 Å². The van der Waals surface area contributed by atoms with Gasteiger partial charge in [-0.2, -0.15) is 0 Å². The summed E-state index contributed by atoms with van der Waals surface area (Å²) in [6.45, 7) is 2.09. The zero-order valence-electron chi connectivity index (χ0n) is 10.7. The van der Waals surface area contributed by atoms with Crippen LogP contribution in [-0.2, 0) is 6.42 Å². The summed E-state index contributed by atoms with van der Waals surface area (Å²) in [6, 6.07) is 2.93. The van der Waals surface area contributed by atoms with Crippen LogP contribution in [0.1, 0.15) is 19.0 Å². The van der Waals surface area contributed by atoms with Gasteiger partial charge in [-0.1, -0.05) is 13.3 Å². The van der Waals surface area contributed by atoms with Crippen LogP contribution < -0.4 is 5.32 Å². The minimum absolute atomic E-state index is 0.372. The molecule has 0 aliphatic rings. The molecular formula is C13H14BrFN4. The maximum Gasteiger partial charge on any atom is 0.180 e. The van der Waals surface area contributed by atoms with Crippen LogP contribution in [0.4, 0.5) is 10.2 Å². The smallest absolute Gasteiger partial charge is 0.180 e.